The van der Waals surface area contributed by atoms with Gasteiger partial charge < -0.3 is 38.9 Å². The largest absolute Gasteiger partial charge is 0.511 e. The van der Waals surface area contributed by atoms with E-state index in [9.17, 15) is 9.59 Å². The molecule has 3 aliphatic rings. The zero-order chi connectivity index (χ0) is 33.8. The van der Waals surface area contributed by atoms with Gasteiger partial charge >= 0.3 is 12.1 Å². The van der Waals surface area contributed by atoms with Gasteiger partial charge in [0.15, 0.2) is 0 Å². The Kier molecular flexibility index (Phi) is 13.7. The quantitative estimate of drug-likeness (QED) is 0.127. The molecule has 0 bridgehead atoms. The highest BCUT2D eigenvalue weighted by Gasteiger charge is 2.40. The van der Waals surface area contributed by atoms with E-state index in [0.29, 0.717) is 24.8 Å². The maximum atomic E-state index is 12.5. The third-order valence-electron chi connectivity index (χ3n) is 10.3. The van der Waals surface area contributed by atoms with E-state index in [0.717, 1.165) is 62.8 Å². The van der Waals surface area contributed by atoms with Crippen LogP contribution in [0, 0.1) is 11.3 Å². The van der Waals surface area contributed by atoms with Gasteiger partial charge in [-0.3, -0.25) is 4.79 Å². The zero-order valence-electron chi connectivity index (χ0n) is 29.5. The van der Waals surface area contributed by atoms with Crippen LogP contribution in [-0.2, 0) is 32.0 Å². The predicted octanol–water partition coefficient (Wildman–Crippen LogP) is 5.47. The van der Waals surface area contributed by atoms with Crippen molar-refractivity contribution in [1.82, 2.24) is 34.6 Å². The Bertz CT molecular complexity index is 1240. The van der Waals surface area contributed by atoms with Crippen LogP contribution in [0.15, 0.2) is 24.8 Å². The maximum Gasteiger partial charge on any atom is 0.511 e. The molecule has 1 spiro atoms. The average Bonchev–Trinajstić information content (AvgIpc) is 3.83. The topological polar surface area (TPSA) is 127 Å². The number of likely N-dealkylation sites (tertiary alicyclic amines) is 2. The highest BCUT2D eigenvalue weighted by molar-refractivity contribution is 5.69. The summed E-state index contributed by atoms with van der Waals surface area (Å²) in [6, 6.07) is -0.0648. The van der Waals surface area contributed by atoms with Crippen molar-refractivity contribution >= 4 is 12.1 Å². The third kappa shape index (κ3) is 11.3. The third-order valence-corrected chi connectivity index (χ3v) is 10.3. The van der Waals surface area contributed by atoms with Crippen LogP contribution in [0.4, 0.5) is 4.79 Å². The van der Waals surface area contributed by atoms with Gasteiger partial charge in [-0.25, -0.2) is 14.8 Å². The number of aromatic nitrogens is 4. The van der Waals surface area contributed by atoms with E-state index >= 15 is 0 Å². The molecule has 12 heteroatoms. The molecule has 1 aliphatic carbocycles. The molecule has 0 aromatic carbocycles. The summed E-state index contributed by atoms with van der Waals surface area (Å²) in [5.74, 6) is 2.19. The standard InChI is InChI=1S/C36H59N7O5/c1-28(2)26-41-21-12-36(13-22-41)14-23-42(27-36)19-8-20-43-24-18-40-34(43)31(25-32-38-16-17-39-32)37-15-7-11-33(44)46-29(3)47-35(45)48-30-9-5-4-6-10-30/h16-18,24,28-31,37H,4-15,19-23,25-27H2,1-3H3,(H,38,39). The second-order valence-corrected chi connectivity index (χ2v) is 14.7. The summed E-state index contributed by atoms with van der Waals surface area (Å²) in [5, 5.41) is 3.60. The minimum atomic E-state index is -0.991. The normalized spacial score (nSPS) is 20.2. The number of piperidine rings is 1. The number of aryl methyl sites for hydroxylation is 1. The Labute approximate surface area is 286 Å². The van der Waals surface area contributed by atoms with Gasteiger partial charge in [0, 0.05) is 64.2 Å². The second-order valence-electron chi connectivity index (χ2n) is 14.7. The van der Waals surface area contributed by atoms with Gasteiger partial charge in [-0.05, 0) is 102 Å². The molecular formula is C36H59N7O5. The lowest BCUT2D eigenvalue weighted by atomic mass is 9.77. The summed E-state index contributed by atoms with van der Waals surface area (Å²) in [6.07, 6.45) is 17.2. The van der Waals surface area contributed by atoms with E-state index < -0.39 is 18.4 Å². The predicted molar refractivity (Wildman–Crippen MR) is 183 cm³/mol. The van der Waals surface area contributed by atoms with Crippen molar-refractivity contribution in [2.75, 3.05) is 45.8 Å². The molecule has 2 unspecified atom stereocenters. The van der Waals surface area contributed by atoms with E-state index in [4.69, 9.17) is 19.2 Å². The molecule has 2 saturated heterocycles. The monoisotopic (exact) mass is 669 g/mol. The highest BCUT2D eigenvalue weighted by atomic mass is 16.8. The van der Waals surface area contributed by atoms with E-state index in [1.165, 1.54) is 65.3 Å². The van der Waals surface area contributed by atoms with Crippen LogP contribution in [-0.4, -0.2) is 99.7 Å². The fourth-order valence-electron chi connectivity index (χ4n) is 7.75. The summed E-state index contributed by atoms with van der Waals surface area (Å²) in [4.78, 5) is 42.3. The number of imidazole rings is 2. The van der Waals surface area contributed by atoms with Gasteiger partial charge in [-0.2, -0.15) is 0 Å². The van der Waals surface area contributed by atoms with Gasteiger partial charge in [0.2, 0.25) is 6.29 Å². The molecule has 0 radical (unpaired) electrons. The van der Waals surface area contributed by atoms with E-state index in [-0.39, 0.29) is 18.6 Å². The van der Waals surface area contributed by atoms with E-state index in [1.54, 1.807) is 6.20 Å². The molecule has 2 atom stereocenters. The first-order chi connectivity index (χ1) is 23.3. The molecule has 2 aliphatic heterocycles. The number of hydrogen-bond donors (Lipinski definition) is 2. The Morgan fingerprint density at radius 2 is 1.75 bits per heavy atom. The Morgan fingerprint density at radius 1 is 0.979 bits per heavy atom. The van der Waals surface area contributed by atoms with Gasteiger partial charge in [-0.15, -0.1) is 0 Å². The van der Waals surface area contributed by atoms with Crippen molar-refractivity contribution in [3.63, 3.8) is 0 Å². The molecule has 5 rings (SSSR count). The lowest BCUT2D eigenvalue weighted by molar-refractivity contribution is -0.169. The van der Waals surface area contributed by atoms with Gasteiger partial charge in [-0.1, -0.05) is 20.3 Å². The van der Waals surface area contributed by atoms with Crippen molar-refractivity contribution in [2.45, 2.75) is 123 Å². The fraction of sp³-hybridized carbons (Fsp3) is 0.778. The van der Waals surface area contributed by atoms with Crippen LogP contribution in [0.25, 0.3) is 0 Å². The SMILES string of the molecule is CC(C)CN1CCC2(CC1)CCN(CCCn1ccnc1C(Cc1ncc[nH]1)NCCCC(=O)OC(C)OC(=O)OC1CCCCC1)C2. The number of esters is 1. The van der Waals surface area contributed by atoms with Crippen LogP contribution >= 0.6 is 0 Å². The molecule has 268 valence electrons. The maximum absolute atomic E-state index is 12.5. The minimum Gasteiger partial charge on any atom is -0.431 e. The van der Waals surface area contributed by atoms with Crippen molar-refractivity contribution in [1.29, 1.82) is 0 Å². The van der Waals surface area contributed by atoms with Gasteiger partial charge in [0.25, 0.3) is 0 Å². The minimum absolute atomic E-state index is 0.0648. The number of nitrogens with zero attached hydrogens (tertiary/aromatic N) is 5. The number of carbonyl (C=O) groups excluding carboxylic acids is 2. The first-order valence-corrected chi connectivity index (χ1v) is 18.5. The second kappa shape index (κ2) is 18.2. The number of nitrogens with one attached hydrogen (secondary N) is 2. The summed E-state index contributed by atoms with van der Waals surface area (Å²) in [7, 11) is 0. The summed E-state index contributed by atoms with van der Waals surface area (Å²) < 4.78 is 18.1. The van der Waals surface area contributed by atoms with Crippen LogP contribution in [0.5, 0.6) is 0 Å². The molecule has 48 heavy (non-hydrogen) atoms. The average molecular weight is 670 g/mol. The van der Waals surface area contributed by atoms with Crippen LogP contribution in [0.3, 0.4) is 0 Å². The molecule has 4 heterocycles. The first-order valence-electron chi connectivity index (χ1n) is 18.5. The first kappa shape index (κ1) is 36.3. The Balaban J connectivity index is 1.03. The molecule has 2 N–H and O–H groups in total. The molecule has 2 aromatic heterocycles. The highest BCUT2D eigenvalue weighted by Crippen LogP contribution is 2.40. The van der Waals surface area contributed by atoms with Crippen molar-refractivity contribution < 1.29 is 23.8 Å². The van der Waals surface area contributed by atoms with Crippen LogP contribution in [0.1, 0.15) is 109 Å². The number of ether oxygens (including phenoxy) is 3. The van der Waals surface area contributed by atoms with Gasteiger partial charge in [0.1, 0.15) is 17.8 Å². The summed E-state index contributed by atoms with van der Waals surface area (Å²) in [5.41, 5.74) is 0.517. The lowest BCUT2D eigenvalue weighted by Crippen LogP contribution is -2.42. The number of rotatable bonds is 17. The van der Waals surface area contributed by atoms with E-state index in [1.807, 2.05) is 12.4 Å². The zero-order valence-corrected chi connectivity index (χ0v) is 29.5. The molecule has 12 nitrogen and oxygen atoms in total. The number of hydrogen-bond acceptors (Lipinski definition) is 10. The van der Waals surface area contributed by atoms with Crippen LogP contribution in [0.2, 0.25) is 0 Å². The number of carbonyl (C=O) groups is 2. The molecule has 1 saturated carbocycles. The molecular weight excluding hydrogens is 610 g/mol. The fourth-order valence-corrected chi connectivity index (χ4v) is 7.75. The Morgan fingerprint density at radius 3 is 2.48 bits per heavy atom. The number of H-pyrrole nitrogens is 1. The molecule has 0 amide bonds. The van der Waals surface area contributed by atoms with Crippen molar-refractivity contribution in [3.8, 4) is 0 Å². The summed E-state index contributed by atoms with van der Waals surface area (Å²) >= 11 is 0. The van der Waals surface area contributed by atoms with Gasteiger partial charge in [0.05, 0.1) is 6.04 Å². The van der Waals surface area contributed by atoms with E-state index in [2.05, 4.69) is 49.7 Å². The summed E-state index contributed by atoms with van der Waals surface area (Å²) in [6.45, 7) is 15.0. The molecule has 3 fully saturated rings. The number of aromatic amines is 1. The smallest absolute Gasteiger partial charge is 0.431 e. The van der Waals surface area contributed by atoms with Crippen molar-refractivity contribution in [3.05, 3.63) is 36.4 Å². The molecule has 2 aromatic rings. The van der Waals surface area contributed by atoms with Crippen LogP contribution < -0.4 is 5.32 Å². The Hall–Kier alpha value is -2.96. The van der Waals surface area contributed by atoms with Crippen molar-refractivity contribution in [2.24, 2.45) is 11.3 Å². The lowest BCUT2D eigenvalue weighted by Gasteiger charge is -2.40.